The molecule has 0 aromatic carbocycles. The largest absolute Gasteiger partial charge is 0.444 e. The van der Waals surface area contributed by atoms with Gasteiger partial charge in [0.25, 0.3) is 0 Å². The van der Waals surface area contributed by atoms with Crippen molar-refractivity contribution in [2.75, 3.05) is 26.2 Å². The highest BCUT2D eigenvalue weighted by atomic mass is 16.6. The molecule has 0 fully saturated rings. The van der Waals surface area contributed by atoms with Gasteiger partial charge in [-0.05, 0) is 34.2 Å². The molecule has 15 heavy (non-hydrogen) atoms. The molecule has 0 saturated heterocycles. The Morgan fingerprint density at radius 3 is 2.33 bits per heavy atom. The van der Waals surface area contributed by atoms with Crippen molar-refractivity contribution in [1.82, 2.24) is 10.2 Å². The Morgan fingerprint density at radius 1 is 1.33 bits per heavy atom. The number of hydrogen-bond acceptors (Lipinski definition) is 3. The van der Waals surface area contributed by atoms with Crippen molar-refractivity contribution in [1.29, 1.82) is 0 Å². The van der Waals surface area contributed by atoms with Crippen molar-refractivity contribution < 1.29 is 9.53 Å². The quantitative estimate of drug-likeness (QED) is 0.713. The zero-order valence-electron chi connectivity index (χ0n) is 10.6. The Hall–Kier alpha value is -0.770. The van der Waals surface area contributed by atoms with Gasteiger partial charge in [-0.15, -0.1) is 0 Å². The van der Waals surface area contributed by atoms with Gasteiger partial charge in [0.2, 0.25) is 0 Å². The van der Waals surface area contributed by atoms with Crippen LogP contribution in [0, 0.1) is 0 Å². The van der Waals surface area contributed by atoms with Gasteiger partial charge in [0, 0.05) is 19.6 Å². The van der Waals surface area contributed by atoms with Gasteiger partial charge < -0.3 is 15.0 Å². The molecule has 1 N–H and O–H groups in total. The van der Waals surface area contributed by atoms with Crippen LogP contribution in [0.1, 0.15) is 34.6 Å². The Morgan fingerprint density at radius 2 is 1.93 bits per heavy atom. The first-order valence-corrected chi connectivity index (χ1v) is 5.59. The molecule has 0 aliphatic rings. The molecule has 0 rings (SSSR count). The normalized spacial score (nSPS) is 11.3. The van der Waals surface area contributed by atoms with E-state index < -0.39 is 5.60 Å². The Bertz CT molecular complexity index is 188. The van der Waals surface area contributed by atoms with Crippen LogP contribution in [0.4, 0.5) is 4.79 Å². The summed E-state index contributed by atoms with van der Waals surface area (Å²) in [5.74, 6) is 0. The Kier molecular flexibility index (Phi) is 6.32. The van der Waals surface area contributed by atoms with Crippen LogP contribution >= 0.6 is 0 Å². The van der Waals surface area contributed by atoms with Crippen LogP contribution in [-0.2, 0) is 4.74 Å². The van der Waals surface area contributed by atoms with Crippen LogP contribution in [0.3, 0.4) is 0 Å². The van der Waals surface area contributed by atoms with E-state index in [0.717, 1.165) is 13.1 Å². The minimum absolute atomic E-state index is 0.233. The number of carbonyl (C=O) groups is 1. The summed E-state index contributed by atoms with van der Waals surface area (Å²) in [6.45, 7) is 12.7. The highest BCUT2D eigenvalue weighted by Gasteiger charge is 2.20. The second-order valence-electron chi connectivity index (χ2n) is 4.41. The molecule has 0 atom stereocenters. The van der Waals surface area contributed by atoms with Crippen molar-refractivity contribution >= 4 is 6.09 Å². The standard InChI is InChI=1S/C11H24N2O2/c1-6-12-8-9-13(7-2)10(14)15-11(3,4)5/h12H,6-9H2,1-5H3. The van der Waals surface area contributed by atoms with Gasteiger partial charge in [0.15, 0.2) is 0 Å². The first kappa shape index (κ1) is 14.2. The van der Waals surface area contributed by atoms with E-state index in [9.17, 15) is 4.79 Å². The Balaban J connectivity index is 3.99. The highest BCUT2D eigenvalue weighted by molar-refractivity contribution is 5.68. The van der Waals surface area contributed by atoms with E-state index in [-0.39, 0.29) is 6.09 Å². The van der Waals surface area contributed by atoms with Crippen LogP contribution in [0.25, 0.3) is 0 Å². The molecule has 90 valence electrons. The predicted molar refractivity (Wildman–Crippen MR) is 62.0 cm³/mol. The van der Waals surface area contributed by atoms with Crippen LogP contribution in [0.15, 0.2) is 0 Å². The lowest BCUT2D eigenvalue weighted by Crippen LogP contribution is -2.40. The summed E-state index contributed by atoms with van der Waals surface area (Å²) in [6.07, 6.45) is -0.233. The van der Waals surface area contributed by atoms with Crippen LogP contribution in [-0.4, -0.2) is 42.8 Å². The van der Waals surface area contributed by atoms with Crippen molar-refractivity contribution in [3.8, 4) is 0 Å². The first-order chi connectivity index (χ1) is 6.90. The van der Waals surface area contributed by atoms with E-state index in [1.54, 1.807) is 4.90 Å². The topological polar surface area (TPSA) is 41.6 Å². The van der Waals surface area contributed by atoms with Crippen molar-refractivity contribution in [3.05, 3.63) is 0 Å². The lowest BCUT2D eigenvalue weighted by Gasteiger charge is -2.26. The molecule has 0 spiro atoms. The maximum Gasteiger partial charge on any atom is 0.410 e. The summed E-state index contributed by atoms with van der Waals surface area (Å²) in [5.41, 5.74) is -0.414. The average molecular weight is 216 g/mol. The third-order valence-electron chi connectivity index (χ3n) is 1.84. The Labute approximate surface area is 93.0 Å². The molecule has 4 nitrogen and oxygen atoms in total. The maximum atomic E-state index is 11.7. The van der Waals surface area contributed by atoms with Crippen LogP contribution in [0.2, 0.25) is 0 Å². The molecule has 0 aliphatic heterocycles. The number of nitrogens with one attached hydrogen (secondary N) is 1. The minimum Gasteiger partial charge on any atom is -0.444 e. The fourth-order valence-corrected chi connectivity index (χ4v) is 1.10. The van der Waals surface area contributed by atoms with Crippen LogP contribution < -0.4 is 5.32 Å². The van der Waals surface area contributed by atoms with Gasteiger partial charge in [0.1, 0.15) is 5.60 Å². The first-order valence-electron chi connectivity index (χ1n) is 5.59. The summed E-state index contributed by atoms with van der Waals surface area (Å²) < 4.78 is 5.28. The summed E-state index contributed by atoms with van der Waals surface area (Å²) in [7, 11) is 0. The number of amides is 1. The molecule has 0 bridgehead atoms. The smallest absolute Gasteiger partial charge is 0.410 e. The summed E-state index contributed by atoms with van der Waals surface area (Å²) >= 11 is 0. The van der Waals surface area contributed by atoms with Crippen molar-refractivity contribution in [2.24, 2.45) is 0 Å². The molecule has 0 saturated carbocycles. The van der Waals surface area contributed by atoms with E-state index in [2.05, 4.69) is 5.32 Å². The predicted octanol–water partition coefficient (Wildman–Crippen LogP) is 1.85. The van der Waals surface area contributed by atoms with Gasteiger partial charge in [-0.25, -0.2) is 4.79 Å². The molecule has 0 aromatic heterocycles. The van der Waals surface area contributed by atoms with Gasteiger partial charge in [-0.2, -0.15) is 0 Å². The fourth-order valence-electron chi connectivity index (χ4n) is 1.10. The summed E-state index contributed by atoms with van der Waals surface area (Å²) in [6, 6.07) is 0. The van der Waals surface area contributed by atoms with E-state index in [4.69, 9.17) is 4.74 Å². The molecule has 0 radical (unpaired) electrons. The molecule has 0 aromatic rings. The number of rotatable bonds is 5. The number of ether oxygens (including phenoxy) is 1. The second kappa shape index (κ2) is 6.67. The minimum atomic E-state index is -0.414. The number of likely N-dealkylation sites (N-methyl/N-ethyl adjacent to an activating group) is 2. The second-order valence-corrected chi connectivity index (χ2v) is 4.41. The average Bonchev–Trinajstić information content (AvgIpc) is 2.09. The molecule has 0 heterocycles. The maximum absolute atomic E-state index is 11.7. The van der Waals surface area contributed by atoms with Gasteiger partial charge in [-0.3, -0.25) is 0 Å². The molecule has 0 unspecified atom stereocenters. The molecule has 1 amide bonds. The fraction of sp³-hybridized carbons (Fsp3) is 0.909. The third kappa shape index (κ3) is 7.19. The third-order valence-corrected chi connectivity index (χ3v) is 1.84. The molecular formula is C11H24N2O2. The molecular weight excluding hydrogens is 192 g/mol. The summed E-state index contributed by atoms with van der Waals surface area (Å²) in [4.78, 5) is 13.4. The van der Waals surface area contributed by atoms with E-state index in [0.29, 0.717) is 13.1 Å². The lowest BCUT2D eigenvalue weighted by molar-refractivity contribution is 0.0262. The lowest BCUT2D eigenvalue weighted by atomic mass is 10.2. The molecule has 0 aliphatic carbocycles. The zero-order chi connectivity index (χ0) is 11.9. The number of nitrogens with zero attached hydrogens (tertiary/aromatic N) is 1. The van der Waals surface area contributed by atoms with Gasteiger partial charge in [0.05, 0.1) is 0 Å². The molecule has 4 heteroatoms. The zero-order valence-corrected chi connectivity index (χ0v) is 10.6. The number of hydrogen-bond donors (Lipinski definition) is 1. The van der Waals surface area contributed by atoms with E-state index >= 15 is 0 Å². The van der Waals surface area contributed by atoms with Crippen molar-refractivity contribution in [3.63, 3.8) is 0 Å². The summed E-state index contributed by atoms with van der Waals surface area (Å²) in [5, 5.41) is 3.18. The number of carbonyl (C=O) groups excluding carboxylic acids is 1. The monoisotopic (exact) mass is 216 g/mol. The highest BCUT2D eigenvalue weighted by Crippen LogP contribution is 2.09. The van der Waals surface area contributed by atoms with E-state index in [1.807, 2.05) is 34.6 Å². The van der Waals surface area contributed by atoms with E-state index in [1.165, 1.54) is 0 Å². The van der Waals surface area contributed by atoms with Gasteiger partial charge >= 0.3 is 6.09 Å². The van der Waals surface area contributed by atoms with Crippen molar-refractivity contribution in [2.45, 2.75) is 40.2 Å². The van der Waals surface area contributed by atoms with Gasteiger partial charge in [-0.1, -0.05) is 6.92 Å². The van der Waals surface area contributed by atoms with Crippen LogP contribution in [0.5, 0.6) is 0 Å². The SMILES string of the molecule is CCNCCN(CC)C(=O)OC(C)(C)C.